The average molecular weight is 850 g/mol. The third-order valence-electron chi connectivity index (χ3n) is 15.5. The molecular weight excluding hydrogens is 779 g/mol. The third-order valence-corrected chi connectivity index (χ3v) is 15.5. The summed E-state index contributed by atoms with van der Waals surface area (Å²) in [6, 6.07) is 5.81. The maximum Gasteiger partial charge on any atom is 0.327 e. The molecule has 12 atom stereocenters. The number of hydrogen-bond acceptors (Lipinski definition) is 11. The molecule has 8 rings (SSSR count). The summed E-state index contributed by atoms with van der Waals surface area (Å²) in [4.78, 5) is 49.6. The molecule has 0 aromatic heterocycles. The van der Waals surface area contributed by atoms with E-state index >= 15 is 4.79 Å². The first kappa shape index (κ1) is 44.7. The number of epoxide rings is 1. The molecule has 1 aromatic rings. The Morgan fingerprint density at radius 3 is 2.43 bits per heavy atom. The number of ether oxygens (including phenoxy) is 4. The summed E-state index contributed by atoms with van der Waals surface area (Å²) in [5, 5.41) is 27.1. The van der Waals surface area contributed by atoms with E-state index in [-0.39, 0.29) is 31.7 Å². The normalized spacial score (nSPS) is 37.1. The van der Waals surface area contributed by atoms with Gasteiger partial charge in [0.15, 0.2) is 11.8 Å². The fourth-order valence-electron chi connectivity index (χ4n) is 12.0. The highest BCUT2D eigenvalue weighted by molar-refractivity contribution is 5.96. The first-order valence-electron chi connectivity index (χ1n) is 23.5. The summed E-state index contributed by atoms with van der Waals surface area (Å²) in [6.45, 7) is 12.6. The monoisotopic (exact) mass is 850 g/mol. The molecule has 61 heavy (non-hydrogen) atoms. The maximum absolute atomic E-state index is 15.0. The Balaban J connectivity index is 1.11. The summed E-state index contributed by atoms with van der Waals surface area (Å²) in [6.07, 6.45) is 11.1. The molecule has 13 heteroatoms. The first-order valence-corrected chi connectivity index (χ1v) is 23.5. The van der Waals surface area contributed by atoms with Crippen LogP contribution in [-0.4, -0.2) is 106 Å². The number of benzene rings is 1. The van der Waals surface area contributed by atoms with E-state index < -0.39 is 71.6 Å². The molecule has 3 saturated carbocycles. The van der Waals surface area contributed by atoms with Gasteiger partial charge in [-0.3, -0.25) is 19.2 Å². The SMILES string of the molecule is CCCCCC1(CCCCC)O[C@@H]2[C@H](O1)[C@H]1ON(Cc3cccc(C=C4CCC5O[C@]5(C)CC[C@@H]5[C@@H]4CC5(C)C)c3)[C@@H]3C(=O)O[C@@H]2C[C@]13C(=O)N[C@@H](C(=O)NCCO)[C@H](C)O. The minimum atomic E-state index is -1.53. The van der Waals surface area contributed by atoms with E-state index in [0.717, 1.165) is 68.9 Å². The van der Waals surface area contributed by atoms with E-state index in [2.05, 4.69) is 63.5 Å². The summed E-state index contributed by atoms with van der Waals surface area (Å²) in [7, 11) is 0. The number of unbranched alkanes of at least 4 members (excludes halogenated alkanes) is 4. The number of nitrogens with one attached hydrogen (secondary N) is 2. The van der Waals surface area contributed by atoms with Crippen molar-refractivity contribution in [1.29, 1.82) is 0 Å². The predicted molar refractivity (Wildman–Crippen MR) is 227 cm³/mol. The molecule has 2 amide bonds. The van der Waals surface area contributed by atoms with Gasteiger partial charge in [-0.2, -0.15) is 5.06 Å². The number of allylic oxidation sites excluding steroid dienone is 1. The molecule has 1 aromatic carbocycles. The lowest BCUT2D eigenvalue weighted by molar-refractivity contribution is -0.224. The van der Waals surface area contributed by atoms with Crippen LogP contribution < -0.4 is 10.6 Å². The second-order valence-corrected chi connectivity index (χ2v) is 20.3. The molecule has 338 valence electrons. The van der Waals surface area contributed by atoms with Gasteiger partial charge < -0.3 is 39.8 Å². The van der Waals surface area contributed by atoms with Crippen LogP contribution in [0.1, 0.15) is 143 Å². The smallest absolute Gasteiger partial charge is 0.327 e. The number of aliphatic hydroxyl groups is 2. The molecule has 1 unspecified atom stereocenters. The zero-order valence-corrected chi connectivity index (χ0v) is 37.3. The van der Waals surface area contributed by atoms with Crippen LogP contribution in [0.2, 0.25) is 0 Å². The van der Waals surface area contributed by atoms with Crippen molar-refractivity contribution in [2.24, 2.45) is 22.7 Å². The number of amides is 2. The number of esters is 1. The van der Waals surface area contributed by atoms with Crippen molar-refractivity contribution in [3.63, 3.8) is 0 Å². The highest BCUT2D eigenvalue weighted by Crippen LogP contribution is 2.61. The molecule has 13 nitrogen and oxygen atoms in total. The van der Waals surface area contributed by atoms with Crippen LogP contribution >= 0.6 is 0 Å². The van der Waals surface area contributed by atoms with E-state index in [9.17, 15) is 19.8 Å². The van der Waals surface area contributed by atoms with Crippen molar-refractivity contribution in [2.75, 3.05) is 13.2 Å². The number of hydroxylamine groups is 2. The quantitative estimate of drug-likeness (QED) is 0.0840. The van der Waals surface area contributed by atoms with E-state index in [1.807, 2.05) is 12.1 Å². The minimum Gasteiger partial charge on any atom is -0.458 e. The third kappa shape index (κ3) is 8.46. The number of rotatable bonds is 17. The van der Waals surface area contributed by atoms with Gasteiger partial charge in [0.05, 0.1) is 31.0 Å². The topological polar surface area (TPSA) is 168 Å². The van der Waals surface area contributed by atoms with Crippen LogP contribution in [-0.2, 0) is 44.7 Å². The van der Waals surface area contributed by atoms with Gasteiger partial charge in [0.2, 0.25) is 11.8 Å². The van der Waals surface area contributed by atoms with Gasteiger partial charge in [0, 0.05) is 25.8 Å². The van der Waals surface area contributed by atoms with Gasteiger partial charge in [-0.25, -0.2) is 0 Å². The van der Waals surface area contributed by atoms with E-state index in [1.54, 1.807) is 5.06 Å². The van der Waals surface area contributed by atoms with Gasteiger partial charge in [0.25, 0.3) is 0 Å². The lowest BCUT2D eigenvalue weighted by Crippen LogP contribution is -2.71. The molecule has 7 aliphatic rings. The van der Waals surface area contributed by atoms with Gasteiger partial charge >= 0.3 is 5.97 Å². The largest absolute Gasteiger partial charge is 0.458 e. The highest BCUT2D eigenvalue weighted by atomic mass is 16.8. The predicted octanol–water partition coefficient (Wildman–Crippen LogP) is 5.88. The average Bonchev–Trinajstić information content (AvgIpc) is 3.50. The second kappa shape index (κ2) is 17.6. The summed E-state index contributed by atoms with van der Waals surface area (Å²) < 4.78 is 26.4. The van der Waals surface area contributed by atoms with Crippen molar-refractivity contribution in [3.8, 4) is 0 Å². The van der Waals surface area contributed by atoms with Crippen molar-refractivity contribution >= 4 is 23.9 Å². The van der Waals surface area contributed by atoms with Crippen LogP contribution in [0.4, 0.5) is 0 Å². The van der Waals surface area contributed by atoms with E-state index in [0.29, 0.717) is 36.2 Å². The first-order chi connectivity index (χ1) is 29.2. The Bertz CT molecular complexity index is 1810. The van der Waals surface area contributed by atoms with Gasteiger partial charge in [0.1, 0.15) is 35.9 Å². The lowest BCUT2D eigenvalue weighted by Gasteiger charge is -2.53. The maximum atomic E-state index is 15.0. The Morgan fingerprint density at radius 2 is 1.74 bits per heavy atom. The number of nitrogens with zero attached hydrogens (tertiary/aromatic N) is 1. The van der Waals surface area contributed by atoms with Gasteiger partial charge in [-0.05, 0) is 87.2 Å². The molecule has 3 aliphatic carbocycles. The van der Waals surface area contributed by atoms with Crippen LogP contribution in [0, 0.1) is 22.7 Å². The fraction of sp³-hybridized carbons (Fsp3) is 0.771. The highest BCUT2D eigenvalue weighted by Gasteiger charge is 2.76. The van der Waals surface area contributed by atoms with Crippen LogP contribution in [0.3, 0.4) is 0 Å². The van der Waals surface area contributed by atoms with Crippen LogP contribution in [0.5, 0.6) is 0 Å². The van der Waals surface area contributed by atoms with E-state index in [4.69, 9.17) is 23.8 Å². The number of fused-ring (bicyclic) bond motifs is 6. The molecule has 4 aliphatic heterocycles. The van der Waals surface area contributed by atoms with Gasteiger partial charge in [-0.1, -0.05) is 89.3 Å². The Morgan fingerprint density at radius 1 is 1.00 bits per heavy atom. The number of hydrogen-bond donors (Lipinski definition) is 4. The van der Waals surface area contributed by atoms with Crippen molar-refractivity contribution < 1.29 is 48.4 Å². The molecule has 4 N–H and O–H groups in total. The molecule has 7 fully saturated rings. The van der Waals surface area contributed by atoms with Gasteiger partial charge in [-0.15, -0.1) is 0 Å². The number of carbonyl (C=O) groups is 3. The summed E-state index contributed by atoms with van der Waals surface area (Å²) >= 11 is 0. The lowest BCUT2D eigenvalue weighted by atomic mass is 9.52. The second-order valence-electron chi connectivity index (χ2n) is 20.3. The van der Waals surface area contributed by atoms with Crippen molar-refractivity contribution in [2.45, 2.75) is 198 Å². The molecule has 0 radical (unpaired) electrons. The molecule has 2 bridgehead atoms. The Hall–Kier alpha value is -2.91. The Kier molecular flexibility index (Phi) is 12.9. The van der Waals surface area contributed by atoms with E-state index in [1.165, 1.54) is 25.3 Å². The number of aliphatic hydroxyl groups excluding tert-OH is 2. The van der Waals surface area contributed by atoms with Crippen molar-refractivity contribution in [3.05, 3.63) is 41.0 Å². The number of carbonyl (C=O) groups excluding carboxylic acids is 3. The molecule has 0 spiro atoms. The summed E-state index contributed by atoms with van der Waals surface area (Å²) in [5.74, 6) is -1.60. The molecular formula is C48H71N3O10. The standard InChI is InChI=1S/C48H71N3O10/c1-7-9-11-19-47(20-12-10-8-2)59-38-35-27-48(44(56)50-37(29(3)53)42(54)49-22-23-52)40(43(55)57-35)51(61-41(48)39(38)60-47)28-31-15-13-14-30(24-31)25-32-16-17-36-46(6,58-36)21-18-34-33(32)26-45(34,4)5/h13-15,24-25,29,33-41,52-53H,7-12,16-23,26-28H2,1-6H3,(H,49,54)(H,50,56)/t29-,33+,34+,35+,36?,37+,38-,39-,40+,41+,46+,48+/m0/s1. The fourth-order valence-corrected chi connectivity index (χ4v) is 12.0. The molecule has 4 heterocycles. The van der Waals surface area contributed by atoms with Crippen molar-refractivity contribution in [1.82, 2.24) is 15.7 Å². The Labute approximate surface area is 361 Å². The zero-order chi connectivity index (χ0) is 43.3. The zero-order valence-electron chi connectivity index (χ0n) is 37.3. The van der Waals surface area contributed by atoms with Crippen LogP contribution in [0.25, 0.3) is 6.08 Å². The molecule has 4 saturated heterocycles. The minimum absolute atomic E-state index is 0.0118. The van der Waals surface area contributed by atoms with Crippen LogP contribution in [0.15, 0.2) is 29.8 Å². The summed E-state index contributed by atoms with van der Waals surface area (Å²) in [5.41, 5.74) is 2.24.